The van der Waals surface area contributed by atoms with Crippen molar-refractivity contribution in [2.75, 3.05) is 4.90 Å². The lowest BCUT2D eigenvalue weighted by molar-refractivity contribution is -0.119. The van der Waals surface area contributed by atoms with Crippen LogP contribution in [-0.2, 0) is 11.3 Å². The fraction of sp³-hybridized carbons (Fsp3) is 0.409. The van der Waals surface area contributed by atoms with Crippen LogP contribution < -0.4 is 10.2 Å². The van der Waals surface area contributed by atoms with Crippen molar-refractivity contribution >= 4 is 11.6 Å². The second kappa shape index (κ2) is 7.77. The van der Waals surface area contributed by atoms with Gasteiger partial charge in [0, 0.05) is 29.8 Å². The Labute approximate surface area is 158 Å². The van der Waals surface area contributed by atoms with Gasteiger partial charge in [0.25, 0.3) is 0 Å². The van der Waals surface area contributed by atoms with Crippen molar-refractivity contribution in [2.24, 2.45) is 5.92 Å². The van der Waals surface area contributed by atoms with Crippen molar-refractivity contribution < 1.29 is 13.6 Å². The summed E-state index contributed by atoms with van der Waals surface area (Å²) in [6, 6.07) is 13.4. The Hall–Kier alpha value is -2.27. The molecule has 142 valence electrons. The molecule has 0 saturated carbocycles. The highest BCUT2D eigenvalue weighted by atomic mass is 19.1. The molecule has 3 nitrogen and oxygen atoms in total. The van der Waals surface area contributed by atoms with Crippen LogP contribution in [0, 0.1) is 17.6 Å². The molecular formula is C22H24F2N2O. The molecule has 2 aromatic carbocycles. The minimum atomic E-state index is -0.355. The first-order valence-corrected chi connectivity index (χ1v) is 9.64. The molecule has 2 bridgehead atoms. The highest BCUT2D eigenvalue weighted by Gasteiger charge is 2.35. The van der Waals surface area contributed by atoms with E-state index in [1.807, 2.05) is 0 Å². The third kappa shape index (κ3) is 4.19. The van der Waals surface area contributed by atoms with Crippen LogP contribution in [0.5, 0.6) is 0 Å². The van der Waals surface area contributed by atoms with Gasteiger partial charge in [0.2, 0.25) is 5.91 Å². The molecule has 0 aliphatic carbocycles. The predicted octanol–water partition coefficient (Wildman–Crippen LogP) is 4.42. The minimum Gasteiger partial charge on any atom is -0.311 e. The molecule has 0 radical (unpaired) electrons. The zero-order valence-electron chi connectivity index (χ0n) is 15.2. The van der Waals surface area contributed by atoms with Gasteiger partial charge in [-0.05, 0) is 61.9 Å². The molecule has 2 aliphatic heterocycles. The maximum Gasteiger partial charge on any atom is 0.227 e. The number of halogens is 2. The van der Waals surface area contributed by atoms with Gasteiger partial charge in [0.1, 0.15) is 11.6 Å². The van der Waals surface area contributed by atoms with Gasteiger partial charge < -0.3 is 10.2 Å². The SMILES string of the molecule is O=C(CC1CC2CCC(C1)N2)N(Cc1ccccc1F)c1ccc(F)cc1. The van der Waals surface area contributed by atoms with Crippen molar-refractivity contribution in [3.63, 3.8) is 0 Å². The van der Waals surface area contributed by atoms with E-state index in [1.165, 1.54) is 31.0 Å². The van der Waals surface area contributed by atoms with Crippen molar-refractivity contribution in [3.8, 4) is 0 Å². The number of amides is 1. The molecule has 1 N–H and O–H groups in total. The molecule has 5 heteroatoms. The van der Waals surface area contributed by atoms with Crippen molar-refractivity contribution in [2.45, 2.75) is 50.7 Å². The van der Waals surface area contributed by atoms with Crippen LogP contribution in [0.25, 0.3) is 0 Å². The Balaban J connectivity index is 1.54. The number of carbonyl (C=O) groups excluding carboxylic acids is 1. The lowest BCUT2D eigenvalue weighted by Gasteiger charge is -2.31. The van der Waals surface area contributed by atoms with Gasteiger partial charge in [-0.2, -0.15) is 0 Å². The molecule has 2 atom stereocenters. The first kappa shape index (κ1) is 18.1. The van der Waals surface area contributed by atoms with Gasteiger partial charge in [0.05, 0.1) is 6.54 Å². The first-order chi connectivity index (χ1) is 13.1. The van der Waals surface area contributed by atoms with Crippen LogP contribution in [-0.4, -0.2) is 18.0 Å². The number of hydrogen-bond acceptors (Lipinski definition) is 2. The summed E-state index contributed by atoms with van der Waals surface area (Å²) in [5.74, 6) is -0.375. The molecule has 2 heterocycles. The summed E-state index contributed by atoms with van der Waals surface area (Å²) in [6.07, 6.45) is 4.84. The second-order valence-electron chi connectivity index (χ2n) is 7.73. The quantitative estimate of drug-likeness (QED) is 0.845. The Kier molecular flexibility index (Phi) is 5.21. The molecule has 2 saturated heterocycles. The summed E-state index contributed by atoms with van der Waals surface area (Å²) >= 11 is 0. The monoisotopic (exact) mass is 370 g/mol. The topological polar surface area (TPSA) is 32.3 Å². The van der Waals surface area contributed by atoms with Gasteiger partial charge in [-0.25, -0.2) is 8.78 Å². The Morgan fingerprint density at radius 1 is 1.00 bits per heavy atom. The number of nitrogens with zero attached hydrogens (tertiary/aromatic N) is 1. The number of piperidine rings is 1. The van der Waals surface area contributed by atoms with Crippen molar-refractivity contribution in [3.05, 3.63) is 65.7 Å². The molecule has 0 spiro atoms. The minimum absolute atomic E-state index is 0.0313. The average Bonchev–Trinajstić information content (AvgIpc) is 3.00. The maximum absolute atomic E-state index is 14.2. The summed E-state index contributed by atoms with van der Waals surface area (Å²) in [7, 11) is 0. The number of anilines is 1. The fourth-order valence-corrected chi connectivity index (χ4v) is 4.44. The van der Waals surface area contributed by atoms with E-state index in [4.69, 9.17) is 0 Å². The molecular weight excluding hydrogens is 346 g/mol. The van der Waals surface area contributed by atoms with Crippen LogP contribution in [0.15, 0.2) is 48.5 Å². The van der Waals surface area contributed by atoms with Gasteiger partial charge in [-0.1, -0.05) is 18.2 Å². The van der Waals surface area contributed by atoms with E-state index in [9.17, 15) is 13.6 Å². The van der Waals surface area contributed by atoms with Crippen LogP contribution >= 0.6 is 0 Å². The highest BCUT2D eigenvalue weighted by molar-refractivity contribution is 5.93. The van der Waals surface area contributed by atoms with E-state index in [2.05, 4.69) is 5.32 Å². The van der Waals surface area contributed by atoms with E-state index in [0.29, 0.717) is 35.7 Å². The van der Waals surface area contributed by atoms with E-state index in [-0.39, 0.29) is 24.1 Å². The van der Waals surface area contributed by atoms with Gasteiger partial charge in [0.15, 0.2) is 0 Å². The lowest BCUT2D eigenvalue weighted by Crippen LogP contribution is -2.40. The fourth-order valence-electron chi connectivity index (χ4n) is 4.44. The summed E-state index contributed by atoms with van der Waals surface area (Å²) < 4.78 is 27.5. The second-order valence-corrected chi connectivity index (χ2v) is 7.73. The molecule has 2 unspecified atom stereocenters. The zero-order chi connectivity index (χ0) is 18.8. The standard InChI is InChI=1S/C22H24F2N2O/c23-17-5-9-20(10-6-17)26(14-16-3-1-2-4-21(16)24)22(27)13-15-11-18-7-8-19(12-15)25-18/h1-6,9-10,15,18-19,25H,7-8,11-14H2. The van der Waals surface area contributed by atoms with E-state index in [1.54, 1.807) is 35.2 Å². The number of carbonyl (C=O) groups is 1. The van der Waals surface area contributed by atoms with Crippen LogP contribution in [0.4, 0.5) is 14.5 Å². The van der Waals surface area contributed by atoms with E-state index < -0.39 is 0 Å². The van der Waals surface area contributed by atoms with Crippen molar-refractivity contribution in [1.29, 1.82) is 0 Å². The molecule has 2 fully saturated rings. The van der Waals surface area contributed by atoms with E-state index in [0.717, 1.165) is 12.8 Å². The molecule has 0 aromatic heterocycles. The number of hydrogen-bond donors (Lipinski definition) is 1. The van der Waals surface area contributed by atoms with E-state index >= 15 is 0 Å². The van der Waals surface area contributed by atoms with Gasteiger partial charge >= 0.3 is 0 Å². The highest BCUT2D eigenvalue weighted by Crippen LogP contribution is 2.33. The number of nitrogens with one attached hydrogen (secondary N) is 1. The Morgan fingerprint density at radius 3 is 2.33 bits per heavy atom. The van der Waals surface area contributed by atoms with Crippen LogP contribution in [0.1, 0.15) is 37.7 Å². The normalized spacial score (nSPS) is 24.0. The first-order valence-electron chi connectivity index (χ1n) is 9.64. The third-order valence-electron chi connectivity index (χ3n) is 5.76. The molecule has 27 heavy (non-hydrogen) atoms. The lowest BCUT2D eigenvalue weighted by atomic mass is 9.89. The number of rotatable bonds is 5. The average molecular weight is 370 g/mol. The zero-order valence-corrected chi connectivity index (χ0v) is 15.2. The summed E-state index contributed by atoms with van der Waals surface area (Å²) in [6.45, 7) is 0.148. The van der Waals surface area contributed by atoms with Gasteiger partial charge in [-0.3, -0.25) is 4.79 Å². The van der Waals surface area contributed by atoms with Crippen LogP contribution in [0.3, 0.4) is 0 Å². The predicted molar refractivity (Wildman–Crippen MR) is 101 cm³/mol. The smallest absolute Gasteiger partial charge is 0.227 e. The molecule has 1 amide bonds. The molecule has 2 aromatic rings. The van der Waals surface area contributed by atoms with Crippen LogP contribution in [0.2, 0.25) is 0 Å². The summed E-state index contributed by atoms with van der Waals surface area (Å²) in [5.41, 5.74) is 1.06. The van der Waals surface area contributed by atoms with Crippen molar-refractivity contribution in [1.82, 2.24) is 5.32 Å². The third-order valence-corrected chi connectivity index (χ3v) is 5.76. The summed E-state index contributed by atoms with van der Waals surface area (Å²) in [5, 5.41) is 3.59. The van der Waals surface area contributed by atoms with Gasteiger partial charge in [-0.15, -0.1) is 0 Å². The largest absolute Gasteiger partial charge is 0.311 e. The maximum atomic E-state index is 14.2. The Morgan fingerprint density at radius 2 is 1.67 bits per heavy atom. The molecule has 4 rings (SSSR count). The molecule has 2 aliphatic rings. The summed E-state index contributed by atoms with van der Waals surface area (Å²) in [4.78, 5) is 14.7. The number of fused-ring (bicyclic) bond motifs is 2. The Bertz CT molecular complexity index is 796. The number of benzene rings is 2.